The van der Waals surface area contributed by atoms with Crippen molar-refractivity contribution >= 4 is 28.7 Å². The van der Waals surface area contributed by atoms with Crippen LogP contribution in [0.4, 0.5) is 0 Å². The highest BCUT2D eigenvalue weighted by molar-refractivity contribution is 14.1. The summed E-state index contributed by atoms with van der Waals surface area (Å²) in [7, 11) is 0. The van der Waals surface area contributed by atoms with Gasteiger partial charge in [-0.1, -0.05) is 20.3 Å². The number of nitrogens with two attached hydrogens (primary N) is 2. The van der Waals surface area contributed by atoms with E-state index in [0.29, 0.717) is 11.3 Å². The molecule has 1 unspecified atom stereocenters. The molecule has 0 aromatic heterocycles. The number of amidine groups is 1. The molecule has 0 bridgehead atoms. The molecular formula is C9H15IN4. The molecule has 0 amide bonds. The summed E-state index contributed by atoms with van der Waals surface area (Å²) in [5, 5.41) is 8.86. The minimum Gasteiger partial charge on any atom is -0.401 e. The third-order valence-corrected chi connectivity index (χ3v) is 2.52. The molecular weight excluding hydrogens is 291 g/mol. The van der Waals surface area contributed by atoms with Gasteiger partial charge in [0.25, 0.3) is 0 Å². The molecule has 5 heteroatoms. The van der Waals surface area contributed by atoms with Gasteiger partial charge in [-0.05, 0) is 12.3 Å². The normalized spacial score (nSPS) is 15.7. The standard InChI is InChI=1S/C9H15IN4/c1-3-4-6(2)8(12)7(5-11)9(13)14-10/h6H,3-4,12H2,1-2H3,(H2,13,14). The topological polar surface area (TPSA) is 88.2 Å². The van der Waals surface area contributed by atoms with Crippen LogP contribution in [0.25, 0.3) is 0 Å². The van der Waals surface area contributed by atoms with Crippen molar-refractivity contribution in [1.29, 1.82) is 5.26 Å². The summed E-state index contributed by atoms with van der Waals surface area (Å²) >= 11 is 1.75. The molecule has 78 valence electrons. The van der Waals surface area contributed by atoms with E-state index in [1.807, 2.05) is 13.0 Å². The summed E-state index contributed by atoms with van der Waals surface area (Å²) < 4.78 is 3.73. The molecule has 0 heterocycles. The van der Waals surface area contributed by atoms with E-state index in [1.165, 1.54) is 0 Å². The van der Waals surface area contributed by atoms with Crippen LogP contribution in [-0.2, 0) is 0 Å². The number of halogens is 1. The third kappa shape index (κ3) is 3.54. The van der Waals surface area contributed by atoms with Gasteiger partial charge in [0.05, 0.1) is 22.9 Å². The highest BCUT2D eigenvalue weighted by Gasteiger charge is 2.13. The van der Waals surface area contributed by atoms with Gasteiger partial charge < -0.3 is 11.5 Å². The van der Waals surface area contributed by atoms with E-state index in [9.17, 15) is 0 Å². The van der Waals surface area contributed by atoms with Crippen molar-refractivity contribution in [1.82, 2.24) is 0 Å². The van der Waals surface area contributed by atoms with Crippen LogP contribution < -0.4 is 11.5 Å². The molecule has 0 fully saturated rings. The van der Waals surface area contributed by atoms with Gasteiger partial charge in [-0.3, -0.25) is 0 Å². The van der Waals surface area contributed by atoms with Crippen molar-refractivity contribution < 1.29 is 0 Å². The molecule has 0 aliphatic heterocycles. The van der Waals surface area contributed by atoms with Crippen LogP contribution in [0.2, 0.25) is 0 Å². The lowest BCUT2D eigenvalue weighted by molar-refractivity contribution is 0.594. The number of nitrogens with zero attached hydrogens (tertiary/aromatic N) is 2. The molecule has 4 nitrogen and oxygen atoms in total. The first-order valence-corrected chi connectivity index (χ1v) is 5.39. The molecule has 0 aromatic carbocycles. The lowest BCUT2D eigenvalue weighted by Gasteiger charge is -2.12. The molecule has 0 radical (unpaired) electrons. The van der Waals surface area contributed by atoms with Crippen LogP contribution >= 0.6 is 22.9 Å². The van der Waals surface area contributed by atoms with Crippen LogP contribution in [0.15, 0.2) is 14.5 Å². The molecule has 0 aliphatic rings. The van der Waals surface area contributed by atoms with E-state index in [0.717, 1.165) is 12.8 Å². The van der Waals surface area contributed by atoms with Crippen LogP contribution in [0.1, 0.15) is 26.7 Å². The Labute approximate surface area is 98.6 Å². The zero-order valence-electron chi connectivity index (χ0n) is 8.42. The lowest BCUT2D eigenvalue weighted by atomic mass is 9.98. The van der Waals surface area contributed by atoms with Gasteiger partial charge in [0, 0.05) is 5.70 Å². The van der Waals surface area contributed by atoms with E-state index >= 15 is 0 Å². The monoisotopic (exact) mass is 306 g/mol. The summed E-state index contributed by atoms with van der Waals surface area (Å²) in [6, 6.07) is 1.99. The molecule has 0 spiro atoms. The van der Waals surface area contributed by atoms with Gasteiger partial charge in [0.2, 0.25) is 0 Å². The molecule has 0 aliphatic carbocycles. The Kier molecular flexibility index (Phi) is 6.28. The van der Waals surface area contributed by atoms with Crippen LogP contribution in [-0.4, -0.2) is 5.84 Å². The molecule has 0 saturated heterocycles. The summed E-state index contributed by atoms with van der Waals surface area (Å²) in [4.78, 5) is 0. The predicted molar refractivity (Wildman–Crippen MR) is 66.5 cm³/mol. The number of nitriles is 1. The second-order valence-electron chi connectivity index (χ2n) is 3.10. The number of hydrogen-bond acceptors (Lipinski definition) is 3. The van der Waals surface area contributed by atoms with Crippen molar-refractivity contribution in [3.8, 4) is 6.07 Å². The van der Waals surface area contributed by atoms with Gasteiger partial charge in [0.1, 0.15) is 17.5 Å². The minimum absolute atomic E-state index is 0.173. The minimum atomic E-state index is 0.173. The Hall–Kier alpha value is -0.770. The maximum Gasteiger partial charge on any atom is 0.149 e. The fourth-order valence-electron chi connectivity index (χ4n) is 1.15. The highest BCUT2D eigenvalue weighted by atomic mass is 127. The largest absolute Gasteiger partial charge is 0.401 e. The van der Waals surface area contributed by atoms with Crippen LogP contribution in [0, 0.1) is 17.2 Å². The van der Waals surface area contributed by atoms with Crippen molar-refractivity contribution in [3.05, 3.63) is 11.3 Å². The van der Waals surface area contributed by atoms with E-state index < -0.39 is 0 Å². The third-order valence-electron chi connectivity index (χ3n) is 2.00. The zero-order valence-corrected chi connectivity index (χ0v) is 10.6. The fourth-order valence-corrected chi connectivity index (χ4v) is 1.39. The van der Waals surface area contributed by atoms with E-state index in [-0.39, 0.29) is 11.8 Å². The van der Waals surface area contributed by atoms with Gasteiger partial charge in [-0.25, -0.2) is 0 Å². The smallest absolute Gasteiger partial charge is 0.149 e. The fraction of sp³-hybridized carbons (Fsp3) is 0.556. The molecule has 14 heavy (non-hydrogen) atoms. The highest BCUT2D eigenvalue weighted by Crippen LogP contribution is 2.15. The Bertz CT molecular complexity index is 288. The summed E-state index contributed by atoms with van der Waals surface area (Å²) in [5.41, 5.74) is 12.2. The molecule has 0 aromatic rings. The number of rotatable bonds is 4. The second-order valence-corrected chi connectivity index (χ2v) is 3.58. The quantitative estimate of drug-likeness (QED) is 0.360. The summed E-state index contributed by atoms with van der Waals surface area (Å²) in [6.45, 7) is 4.06. The number of allylic oxidation sites excluding steroid dienone is 1. The van der Waals surface area contributed by atoms with Crippen molar-refractivity contribution in [3.63, 3.8) is 0 Å². The van der Waals surface area contributed by atoms with E-state index in [1.54, 1.807) is 22.9 Å². The summed E-state index contributed by atoms with van der Waals surface area (Å²) in [5.74, 6) is 0.375. The maximum atomic E-state index is 8.86. The molecule has 0 saturated carbocycles. The molecule has 1 atom stereocenters. The Morgan fingerprint density at radius 1 is 1.57 bits per heavy atom. The second kappa shape index (κ2) is 6.65. The first-order valence-electron chi connectivity index (χ1n) is 4.42. The first kappa shape index (κ1) is 13.2. The van der Waals surface area contributed by atoms with Gasteiger partial charge in [-0.15, -0.1) is 0 Å². The average Bonchev–Trinajstić information content (AvgIpc) is 2.18. The van der Waals surface area contributed by atoms with E-state index in [4.69, 9.17) is 16.7 Å². The zero-order chi connectivity index (χ0) is 11.1. The number of hydrogen-bond donors (Lipinski definition) is 2. The molecule has 4 N–H and O–H groups in total. The average molecular weight is 306 g/mol. The van der Waals surface area contributed by atoms with Crippen LogP contribution in [0.3, 0.4) is 0 Å². The maximum absolute atomic E-state index is 8.86. The first-order chi connectivity index (χ1) is 6.58. The SMILES string of the molecule is CCCC(C)C(N)=C(C#N)C(N)=NI. The van der Waals surface area contributed by atoms with Crippen molar-refractivity contribution in [2.24, 2.45) is 20.6 Å². The Morgan fingerprint density at radius 3 is 2.50 bits per heavy atom. The Balaban J connectivity index is 4.95. The van der Waals surface area contributed by atoms with Crippen molar-refractivity contribution in [2.45, 2.75) is 26.7 Å². The Morgan fingerprint density at radius 2 is 2.14 bits per heavy atom. The van der Waals surface area contributed by atoms with Crippen molar-refractivity contribution in [2.75, 3.05) is 0 Å². The molecule has 0 rings (SSSR count). The van der Waals surface area contributed by atoms with Gasteiger partial charge in [-0.2, -0.15) is 8.47 Å². The predicted octanol–water partition coefficient (Wildman–Crippen LogP) is 1.87. The summed E-state index contributed by atoms with van der Waals surface area (Å²) in [6.07, 6.45) is 1.98. The van der Waals surface area contributed by atoms with Gasteiger partial charge in [0.15, 0.2) is 0 Å². The van der Waals surface area contributed by atoms with E-state index in [2.05, 4.69) is 10.1 Å². The van der Waals surface area contributed by atoms with Gasteiger partial charge >= 0.3 is 0 Å². The lowest BCUT2D eigenvalue weighted by Crippen LogP contribution is -2.21. The van der Waals surface area contributed by atoms with Crippen LogP contribution in [0.5, 0.6) is 0 Å².